The van der Waals surface area contributed by atoms with E-state index in [1.807, 2.05) is 22.6 Å². The molecule has 0 saturated heterocycles. The summed E-state index contributed by atoms with van der Waals surface area (Å²) in [6, 6.07) is 7.97. The quantitative estimate of drug-likeness (QED) is 0.617. The van der Waals surface area contributed by atoms with Crippen molar-refractivity contribution in [3.05, 3.63) is 51.6 Å². The monoisotopic (exact) mass is 315 g/mol. The molecule has 0 fully saturated rings. The van der Waals surface area contributed by atoms with Gasteiger partial charge < -0.3 is 4.57 Å². The SMILES string of the molecule is O=Cc1cccn1-c1ccc(F)cc1I. The van der Waals surface area contributed by atoms with Crippen LogP contribution in [0.3, 0.4) is 0 Å². The van der Waals surface area contributed by atoms with Crippen molar-refractivity contribution in [2.24, 2.45) is 0 Å². The lowest BCUT2D eigenvalue weighted by atomic mass is 10.3. The summed E-state index contributed by atoms with van der Waals surface area (Å²) in [5.41, 5.74) is 1.36. The molecule has 0 amide bonds. The van der Waals surface area contributed by atoms with Crippen LogP contribution < -0.4 is 0 Å². The zero-order valence-corrected chi connectivity index (χ0v) is 9.81. The first-order valence-corrected chi connectivity index (χ1v) is 5.38. The lowest BCUT2D eigenvalue weighted by Gasteiger charge is -2.07. The number of rotatable bonds is 2. The zero-order valence-electron chi connectivity index (χ0n) is 7.65. The van der Waals surface area contributed by atoms with Crippen molar-refractivity contribution in [1.29, 1.82) is 0 Å². The van der Waals surface area contributed by atoms with Gasteiger partial charge >= 0.3 is 0 Å². The van der Waals surface area contributed by atoms with Crippen LogP contribution in [-0.4, -0.2) is 10.9 Å². The average Bonchev–Trinajstić information content (AvgIpc) is 2.65. The van der Waals surface area contributed by atoms with Gasteiger partial charge in [0.15, 0.2) is 6.29 Å². The van der Waals surface area contributed by atoms with E-state index >= 15 is 0 Å². The molecule has 0 N–H and O–H groups in total. The maximum atomic E-state index is 12.9. The lowest BCUT2D eigenvalue weighted by molar-refractivity contribution is 0.111. The average molecular weight is 315 g/mol. The molecule has 1 aromatic heterocycles. The molecule has 0 saturated carbocycles. The highest BCUT2D eigenvalue weighted by Crippen LogP contribution is 2.19. The van der Waals surface area contributed by atoms with Crippen molar-refractivity contribution in [2.75, 3.05) is 0 Å². The van der Waals surface area contributed by atoms with Crippen molar-refractivity contribution in [3.63, 3.8) is 0 Å². The molecule has 2 rings (SSSR count). The molecule has 0 radical (unpaired) electrons. The molecule has 0 atom stereocenters. The Morgan fingerprint density at radius 3 is 2.80 bits per heavy atom. The molecule has 4 heteroatoms. The van der Waals surface area contributed by atoms with Gasteiger partial charge in [0.2, 0.25) is 0 Å². The van der Waals surface area contributed by atoms with E-state index in [9.17, 15) is 9.18 Å². The Balaban J connectivity index is 2.59. The number of hydrogen-bond acceptors (Lipinski definition) is 1. The molecular formula is C11H7FINO. The summed E-state index contributed by atoms with van der Waals surface area (Å²) in [4.78, 5) is 10.7. The zero-order chi connectivity index (χ0) is 10.8. The standard InChI is InChI=1S/C11H7FINO/c12-8-3-4-11(10(13)6-8)14-5-1-2-9(14)7-15/h1-7H. The second kappa shape index (κ2) is 4.14. The van der Waals surface area contributed by atoms with Crippen LogP contribution in [0.25, 0.3) is 5.69 Å². The minimum absolute atomic E-state index is 0.275. The normalized spacial score (nSPS) is 10.3. The molecular weight excluding hydrogens is 308 g/mol. The van der Waals surface area contributed by atoms with Crippen LogP contribution >= 0.6 is 22.6 Å². The van der Waals surface area contributed by atoms with Gasteiger partial charge in [-0.3, -0.25) is 4.79 Å². The summed E-state index contributed by atoms with van der Waals surface area (Å²) in [6.45, 7) is 0. The number of halogens is 2. The third-order valence-electron chi connectivity index (χ3n) is 2.07. The molecule has 0 aliphatic carbocycles. The molecule has 15 heavy (non-hydrogen) atoms. The summed E-state index contributed by atoms with van der Waals surface area (Å²) >= 11 is 2.04. The van der Waals surface area contributed by atoms with E-state index in [2.05, 4.69) is 0 Å². The number of nitrogens with zero attached hydrogens (tertiary/aromatic N) is 1. The van der Waals surface area contributed by atoms with Crippen molar-refractivity contribution < 1.29 is 9.18 Å². The highest BCUT2D eigenvalue weighted by molar-refractivity contribution is 14.1. The van der Waals surface area contributed by atoms with Crippen LogP contribution in [0.5, 0.6) is 0 Å². The summed E-state index contributed by atoms with van der Waals surface area (Å²) in [7, 11) is 0. The van der Waals surface area contributed by atoms with Crippen molar-refractivity contribution in [1.82, 2.24) is 4.57 Å². The Kier molecular flexibility index (Phi) is 2.86. The topological polar surface area (TPSA) is 22.0 Å². The molecule has 0 bridgehead atoms. The second-order valence-corrected chi connectivity index (χ2v) is 4.18. The fourth-order valence-corrected chi connectivity index (χ4v) is 2.12. The van der Waals surface area contributed by atoms with E-state index in [1.165, 1.54) is 12.1 Å². The molecule has 76 valence electrons. The van der Waals surface area contributed by atoms with Crippen LogP contribution in [0.1, 0.15) is 10.5 Å². The Morgan fingerprint density at radius 2 is 2.13 bits per heavy atom. The van der Waals surface area contributed by atoms with E-state index in [0.29, 0.717) is 5.69 Å². The third kappa shape index (κ3) is 1.94. The van der Waals surface area contributed by atoms with Crippen molar-refractivity contribution in [3.8, 4) is 5.69 Å². The lowest BCUT2D eigenvalue weighted by Crippen LogP contribution is -2.00. The van der Waals surface area contributed by atoms with Crippen LogP contribution in [0.15, 0.2) is 36.5 Å². The van der Waals surface area contributed by atoms with Crippen LogP contribution in [0.2, 0.25) is 0 Å². The maximum absolute atomic E-state index is 12.9. The Morgan fingerprint density at radius 1 is 1.33 bits per heavy atom. The van der Waals surface area contributed by atoms with Gasteiger partial charge in [-0.1, -0.05) is 0 Å². The van der Waals surface area contributed by atoms with Gasteiger partial charge in [-0.2, -0.15) is 0 Å². The number of carbonyl (C=O) groups excluding carboxylic acids is 1. The first-order chi connectivity index (χ1) is 7.22. The molecule has 0 spiro atoms. The van der Waals surface area contributed by atoms with Gasteiger partial charge in [0.05, 0.1) is 11.4 Å². The van der Waals surface area contributed by atoms with E-state index in [-0.39, 0.29) is 5.82 Å². The van der Waals surface area contributed by atoms with Gasteiger partial charge in [0, 0.05) is 9.77 Å². The molecule has 1 heterocycles. The third-order valence-corrected chi connectivity index (χ3v) is 2.93. The van der Waals surface area contributed by atoms with Crippen LogP contribution in [0, 0.1) is 9.39 Å². The van der Waals surface area contributed by atoms with E-state index < -0.39 is 0 Å². The van der Waals surface area contributed by atoms with E-state index in [4.69, 9.17) is 0 Å². The van der Waals surface area contributed by atoms with Gasteiger partial charge in [0.25, 0.3) is 0 Å². The largest absolute Gasteiger partial charge is 0.313 e. The van der Waals surface area contributed by atoms with E-state index in [1.54, 1.807) is 29.0 Å². The van der Waals surface area contributed by atoms with Crippen LogP contribution in [-0.2, 0) is 0 Å². The minimum atomic E-state index is -0.275. The highest BCUT2D eigenvalue weighted by atomic mass is 127. The predicted molar refractivity (Wildman–Crippen MR) is 63.8 cm³/mol. The van der Waals surface area contributed by atoms with Gasteiger partial charge in [-0.25, -0.2) is 4.39 Å². The number of benzene rings is 1. The van der Waals surface area contributed by atoms with Crippen molar-refractivity contribution >= 4 is 28.9 Å². The summed E-state index contributed by atoms with van der Waals surface area (Å²) in [5, 5.41) is 0. The highest BCUT2D eigenvalue weighted by Gasteiger charge is 2.06. The van der Waals surface area contributed by atoms with Gasteiger partial charge in [0.1, 0.15) is 5.82 Å². The smallest absolute Gasteiger partial charge is 0.166 e. The first kappa shape index (κ1) is 10.4. The Labute approximate surface area is 99.9 Å². The fourth-order valence-electron chi connectivity index (χ4n) is 1.39. The second-order valence-electron chi connectivity index (χ2n) is 3.02. The molecule has 2 aromatic rings. The van der Waals surface area contributed by atoms with E-state index in [0.717, 1.165) is 15.5 Å². The number of aromatic nitrogens is 1. The number of hydrogen-bond donors (Lipinski definition) is 0. The maximum Gasteiger partial charge on any atom is 0.166 e. The van der Waals surface area contributed by atoms with Crippen LogP contribution in [0.4, 0.5) is 4.39 Å². The Bertz CT molecular complexity index is 507. The summed E-state index contributed by atoms with van der Waals surface area (Å²) in [6.07, 6.45) is 2.55. The number of aldehydes is 1. The molecule has 0 aliphatic rings. The molecule has 2 nitrogen and oxygen atoms in total. The minimum Gasteiger partial charge on any atom is -0.313 e. The first-order valence-electron chi connectivity index (χ1n) is 4.30. The molecule has 1 aromatic carbocycles. The summed E-state index contributed by atoms with van der Waals surface area (Å²) < 4.78 is 15.4. The molecule has 0 aliphatic heterocycles. The summed E-state index contributed by atoms with van der Waals surface area (Å²) in [5.74, 6) is -0.275. The fraction of sp³-hybridized carbons (Fsp3) is 0. The predicted octanol–water partition coefficient (Wildman–Crippen LogP) is 3.03. The Hall–Kier alpha value is -1.17. The number of carbonyl (C=O) groups is 1. The molecule has 0 unspecified atom stereocenters. The van der Waals surface area contributed by atoms with Crippen molar-refractivity contribution in [2.45, 2.75) is 0 Å². The van der Waals surface area contributed by atoms with Gasteiger partial charge in [-0.05, 0) is 52.9 Å². The van der Waals surface area contributed by atoms with Gasteiger partial charge in [-0.15, -0.1) is 0 Å².